The van der Waals surface area contributed by atoms with Gasteiger partial charge in [0.05, 0.1) is 41.1 Å². The zero-order valence-corrected chi connectivity index (χ0v) is 24.4. The van der Waals surface area contributed by atoms with Gasteiger partial charge in [0, 0.05) is 10.8 Å². The monoisotopic (exact) mass is 652 g/mol. The van der Waals surface area contributed by atoms with E-state index in [4.69, 9.17) is 30.5 Å². The molecule has 1 aromatic heterocycles. The molecule has 0 saturated heterocycles. The van der Waals surface area contributed by atoms with Crippen molar-refractivity contribution in [2.45, 2.75) is 0 Å². The van der Waals surface area contributed by atoms with E-state index in [0.29, 0.717) is 0 Å². The van der Waals surface area contributed by atoms with Gasteiger partial charge in [-0.05, 0) is 101 Å². The molecule has 228 valence electrons. The quantitative estimate of drug-likeness (QED) is 0.172. The van der Waals surface area contributed by atoms with Crippen LogP contribution in [0.25, 0.3) is 98.8 Å². The molecule has 0 aliphatic heterocycles. The summed E-state index contributed by atoms with van der Waals surface area (Å²) in [7, 11) is 0. The van der Waals surface area contributed by atoms with Crippen molar-refractivity contribution in [1.29, 1.82) is 0 Å². The predicted molar refractivity (Wildman–Crippen MR) is 208 cm³/mol. The van der Waals surface area contributed by atoms with Gasteiger partial charge < -0.3 is 4.42 Å². The molecule has 10 aromatic rings. The molecule has 9 aromatic carbocycles. The molecular formula is C48H30O. The van der Waals surface area contributed by atoms with Crippen LogP contribution in [-0.2, 0) is 0 Å². The molecule has 0 N–H and O–H groups in total. The Kier molecular flexibility index (Phi) is 2.50. The Morgan fingerprint density at radius 3 is 1.65 bits per heavy atom. The van der Waals surface area contributed by atoms with Crippen LogP contribution < -0.4 is 0 Å². The van der Waals surface area contributed by atoms with Gasteiger partial charge in [0.25, 0.3) is 0 Å². The minimum atomic E-state index is -1.18. The predicted octanol–water partition coefficient (Wildman–Crippen LogP) is 13.7. The van der Waals surface area contributed by atoms with E-state index in [-0.39, 0.29) is 0 Å². The van der Waals surface area contributed by atoms with E-state index in [2.05, 4.69) is 0 Å². The van der Waals surface area contributed by atoms with Gasteiger partial charge in [0.2, 0.25) is 0 Å². The second-order valence-electron chi connectivity index (χ2n) is 10.5. The maximum atomic E-state index is 10.2. The summed E-state index contributed by atoms with van der Waals surface area (Å²) in [5, 5.41) is -5.67. The van der Waals surface area contributed by atoms with Crippen molar-refractivity contribution in [3.63, 3.8) is 0 Å². The van der Waals surface area contributed by atoms with Crippen molar-refractivity contribution < 1.29 is 45.5 Å². The lowest BCUT2D eigenvalue weighted by molar-refractivity contribution is 0.669. The summed E-state index contributed by atoms with van der Waals surface area (Å²) in [5.74, 6) is 0. The fourth-order valence-corrected chi connectivity index (χ4v) is 5.71. The van der Waals surface area contributed by atoms with Gasteiger partial charge in [-0.15, -0.1) is 0 Å². The zero-order valence-electron chi connectivity index (χ0n) is 54.4. The summed E-state index contributed by atoms with van der Waals surface area (Å²) >= 11 is 0. The number of para-hydroxylation sites is 1. The van der Waals surface area contributed by atoms with Crippen LogP contribution in [0.3, 0.4) is 0 Å². The number of hydrogen-bond donors (Lipinski definition) is 0. The first-order valence-corrected chi connectivity index (χ1v) is 14.4. The highest BCUT2D eigenvalue weighted by atomic mass is 16.3. The molecule has 0 unspecified atom stereocenters. The molecule has 0 radical (unpaired) electrons. The second kappa shape index (κ2) is 11.1. The molecule has 0 aliphatic rings. The molecule has 1 nitrogen and oxygen atoms in total. The van der Waals surface area contributed by atoms with Crippen molar-refractivity contribution in [3.8, 4) is 44.5 Å². The molecule has 0 spiro atoms. The standard InChI is InChI=1S/C48H30O/c1-2-12-33(13-3-1)47-40-17-6-7-18-41(40)48(44-30-36(25-27-42(44)47)38-19-10-14-32-11-4-5-15-37(32)38)34-23-21-31(22-24-34)35-26-28-46-43(29-35)39-16-8-9-20-45(39)49-46/h1-30H/i1D,2D,3D,4D,5D,6D,7D,8D,9D,10D,11D,12D,13D,14D,15D,16D,17D,18D,19D,20D,21D,22D,23D,24D,25D,26D,27D,28D,29D,30D. The van der Waals surface area contributed by atoms with Gasteiger partial charge in [0.15, 0.2) is 0 Å². The largest absolute Gasteiger partial charge is 0.456 e. The highest BCUT2D eigenvalue weighted by Gasteiger charge is 2.18. The summed E-state index contributed by atoms with van der Waals surface area (Å²) in [6.07, 6.45) is 0. The maximum Gasteiger partial charge on any atom is 0.135 e. The van der Waals surface area contributed by atoms with Gasteiger partial charge in [-0.2, -0.15) is 0 Å². The van der Waals surface area contributed by atoms with E-state index in [1.165, 1.54) is 0 Å². The Labute approximate surface area is 326 Å². The highest BCUT2D eigenvalue weighted by molar-refractivity contribution is 6.22. The zero-order chi connectivity index (χ0) is 58.4. The molecule has 0 saturated carbocycles. The Morgan fingerprint density at radius 2 is 0.837 bits per heavy atom. The van der Waals surface area contributed by atoms with E-state index in [1.54, 1.807) is 0 Å². The van der Waals surface area contributed by atoms with E-state index in [9.17, 15) is 15.1 Å². The Bertz CT molecular complexity index is 4530. The fraction of sp³-hybridized carbons (Fsp3) is 0. The molecule has 0 amide bonds. The highest BCUT2D eigenvalue weighted by Crippen LogP contribution is 2.45. The minimum Gasteiger partial charge on any atom is -0.456 e. The Balaban J connectivity index is 1.50. The third-order valence-corrected chi connectivity index (χ3v) is 7.82. The maximum absolute atomic E-state index is 10.2. The van der Waals surface area contributed by atoms with Crippen LogP contribution in [0, 0.1) is 0 Å². The van der Waals surface area contributed by atoms with Crippen molar-refractivity contribution in [2.75, 3.05) is 0 Å². The normalized spacial score (nSPS) is 20.2. The van der Waals surface area contributed by atoms with Crippen LogP contribution in [0.5, 0.6) is 0 Å². The SMILES string of the molecule is [2H]c1c([2H])c([2H])c(-c2c3c([2H])c([2H])c([2H])c([2H])c3c(-c3c([2H])c([2H])c(-c4c([2H])c([2H])c5oc6c([2H])c([2H])c([2H])c([2H])c6c5c4[2H])c([2H])c3[2H])c3c([2H])c(-c4c([2H])c([2H])c([2H])c5c([2H])c([2H])c([2H])c([2H])c45)c([2H])c([2H])c23)c([2H])c1[2H]. The molecular weight excluding hydrogens is 593 g/mol. The number of fused-ring (bicyclic) bond motifs is 6. The van der Waals surface area contributed by atoms with Gasteiger partial charge in [-0.25, -0.2) is 0 Å². The smallest absolute Gasteiger partial charge is 0.135 e. The molecule has 0 fully saturated rings. The van der Waals surface area contributed by atoms with Crippen LogP contribution >= 0.6 is 0 Å². The van der Waals surface area contributed by atoms with E-state index in [0.717, 1.165) is 0 Å². The van der Waals surface area contributed by atoms with Crippen LogP contribution in [-0.4, -0.2) is 0 Å². The number of hydrogen-bond acceptors (Lipinski definition) is 1. The lowest BCUT2D eigenvalue weighted by Crippen LogP contribution is -1.92. The molecule has 0 aliphatic carbocycles. The van der Waals surface area contributed by atoms with Crippen molar-refractivity contribution >= 4 is 54.3 Å². The lowest BCUT2D eigenvalue weighted by Gasteiger charge is -2.19. The van der Waals surface area contributed by atoms with Gasteiger partial charge in [0.1, 0.15) is 11.2 Å². The summed E-state index contributed by atoms with van der Waals surface area (Å²) in [6.45, 7) is 0. The van der Waals surface area contributed by atoms with Gasteiger partial charge in [-0.1, -0.05) is 157 Å². The summed E-state index contributed by atoms with van der Waals surface area (Å²) in [5.41, 5.74) is -8.00. The first-order chi connectivity index (χ1) is 36.8. The van der Waals surface area contributed by atoms with Crippen molar-refractivity contribution in [3.05, 3.63) is 181 Å². The van der Waals surface area contributed by atoms with Gasteiger partial charge in [-0.3, -0.25) is 0 Å². The average molecular weight is 653 g/mol. The second-order valence-corrected chi connectivity index (χ2v) is 10.5. The first kappa shape index (κ1) is 11.1. The molecule has 1 heterocycles. The summed E-state index contributed by atoms with van der Waals surface area (Å²) in [6, 6.07) is -29.5. The Hall–Kier alpha value is -6.44. The van der Waals surface area contributed by atoms with Gasteiger partial charge >= 0.3 is 0 Å². The summed E-state index contributed by atoms with van der Waals surface area (Å²) in [4.78, 5) is 0. The molecule has 1 heteroatoms. The van der Waals surface area contributed by atoms with Crippen LogP contribution in [0.4, 0.5) is 0 Å². The van der Waals surface area contributed by atoms with Crippen molar-refractivity contribution in [1.82, 2.24) is 0 Å². The van der Waals surface area contributed by atoms with E-state index in [1.807, 2.05) is 0 Å². The molecule has 0 atom stereocenters. The third kappa shape index (κ3) is 4.47. The number of benzene rings is 9. The third-order valence-electron chi connectivity index (χ3n) is 7.82. The number of furan rings is 1. The average Bonchev–Trinajstić information content (AvgIpc) is 3.83. The number of rotatable bonds is 4. The topological polar surface area (TPSA) is 13.1 Å². The van der Waals surface area contributed by atoms with E-state index >= 15 is 0 Å². The molecule has 0 bridgehead atoms. The van der Waals surface area contributed by atoms with Crippen molar-refractivity contribution in [2.24, 2.45) is 0 Å². The van der Waals surface area contributed by atoms with Crippen LogP contribution in [0.1, 0.15) is 41.1 Å². The fourth-order valence-electron chi connectivity index (χ4n) is 5.71. The summed E-state index contributed by atoms with van der Waals surface area (Å²) < 4.78 is 277. The molecule has 49 heavy (non-hydrogen) atoms. The van der Waals surface area contributed by atoms with E-state index < -0.39 is 280 Å². The Morgan fingerprint density at radius 1 is 0.306 bits per heavy atom. The minimum absolute atomic E-state index is 0.424. The first-order valence-electron chi connectivity index (χ1n) is 29.4. The lowest BCUT2D eigenvalue weighted by atomic mass is 9.84. The molecule has 10 rings (SSSR count). The van der Waals surface area contributed by atoms with Crippen LogP contribution in [0.2, 0.25) is 0 Å². The van der Waals surface area contributed by atoms with Crippen LogP contribution in [0.15, 0.2) is 186 Å².